The molecule has 0 radical (unpaired) electrons. The lowest BCUT2D eigenvalue weighted by Gasteiger charge is -2.34. The number of aromatic nitrogens is 3. The third kappa shape index (κ3) is 4.40. The van der Waals surface area contributed by atoms with Crippen LogP contribution in [0.1, 0.15) is 36.4 Å². The van der Waals surface area contributed by atoms with E-state index in [1.54, 1.807) is 12.3 Å². The minimum Gasteiger partial charge on any atom is -0.341 e. The number of carbonyl (C=O) groups excluding carboxylic acids is 1. The van der Waals surface area contributed by atoms with Crippen molar-refractivity contribution in [1.29, 1.82) is 5.26 Å². The van der Waals surface area contributed by atoms with E-state index in [1.165, 1.54) is 17.5 Å². The smallest absolute Gasteiger partial charge is 0.249 e. The predicted molar refractivity (Wildman–Crippen MR) is 108 cm³/mol. The van der Waals surface area contributed by atoms with E-state index in [4.69, 9.17) is 10.1 Å². The highest BCUT2D eigenvalue weighted by atomic mass is 32.2. The number of piperidine rings is 1. The quantitative estimate of drug-likeness (QED) is 0.656. The molecule has 0 spiro atoms. The highest BCUT2D eigenvalue weighted by molar-refractivity contribution is 7.84. The van der Waals surface area contributed by atoms with Crippen molar-refractivity contribution in [1.82, 2.24) is 20.0 Å². The summed E-state index contributed by atoms with van der Waals surface area (Å²) in [7, 11) is -1.55. The van der Waals surface area contributed by atoms with Gasteiger partial charge >= 0.3 is 0 Å². The van der Waals surface area contributed by atoms with Gasteiger partial charge in [0.1, 0.15) is 6.07 Å². The summed E-state index contributed by atoms with van der Waals surface area (Å²) in [6.07, 6.45) is 7.31. The minimum absolute atomic E-state index is 0.0973. The molecule has 0 bridgehead atoms. The Labute approximate surface area is 181 Å². The van der Waals surface area contributed by atoms with Crippen molar-refractivity contribution < 1.29 is 18.2 Å². The van der Waals surface area contributed by atoms with E-state index in [1.807, 2.05) is 4.90 Å². The molecular weight excluding hydrogens is 423 g/mol. The van der Waals surface area contributed by atoms with Gasteiger partial charge in [0, 0.05) is 44.1 Å². The number of hydrogen-bond acceptors (Lipinski definition) is 8. The van der Waals surface area contributed by atoms with E-state index in [2.05, 4.69) is 21.0 Å². The molecule has 4 rings (SSSR count). The van der Waals surface area contributed by atoms with Crippen LogP contribution >= 0.6 is 0 Å². The topological polar surface area (TPSA) is 112 Å². The first-order valence-electron chi connectivity index (χ1n) is 9.90. The zero-order valence-corrected chi connectivity index (χ0v) is 17.7. The van der Waals surface area contributed by atoms with Gasteiger partial charge in [-0.05, 0) is 24.5 Å². The molecule has 2 aromatic heterocycles. The van der Waals surface area contributed by atoms with E-state index >= 15 is 0 Å². The van der Waals surface area contributed by atoms with Crippen LogP contribution in [0.4, 0.5) is 10.3 Å². The first-order chi connectivity index (χ1) is 15.0. The third-order valence-electron chi connectivity index (χ3n) is 5.49. The molecule has 2 aliphatic heterocycles. The molecule has 2 atom stereocenters. The molecule has 2 fully saturated rings. The number of pyridine rings is 1. The fourth-order valence-electron chi connectivity index (χ4n) is 3.89. The molecule has 0 aromatic carbocycles. The Morgan fingerprint density at radius 1 is 1.29 bits per heavy atom. The molecule has 2 aliphatic rings. The first kappa shape index (κ1) is 21.3. The number of rotatable bonds is 4. The minimum atomic E-state index is -1.55. The Hall–Kier alpha value is -2.97. The summed E-state index contributed by atoms with van der Waals surface area (Å²) in [6.45, 7) is 1.45. The second-order valence-corrected chi connectivity index (χ2v) is 8.75. The molecule has 2 aromatic rings. The highest BCUT2D eigenvalue weighted by Crippen LogP contribution is 2.33. The average Bonchev–Trinajstić information content (AvgIpc) is 3.29. The molecular formula is C20H21FN6O3S. The van der Waals surface area contributed by atoms with Crippen LogP contribution in [0.2, 0.25) is 0 Å². The number of halogens is 1. The Balaban J connectivity index is 1.43. The highest BCUT2D eigenvalue weighted by Gasteiger charge is 2.37. The second kappa shape index (κ2) is 9.03. The van der Waals surface area contributed by atoms with Gasteiger partial charge in [-0.3, -0.25) is 18.8 Å². The SMILES string of the molecule is CS(=O)c1nc(N2CCC(C(=O)N3OCC[C@H]3c3cncc(C#N)c3)CC2)ncc1F. The first-order valence-corrected chi connectivity index (χ1v) is 11.5. The number of hydrogen-bond donors (Lipinski definition) is 0. The lowest BCUT2D eigenvalue weighted by atomic mass is 9.95. The van der Waals surface area contributed by atoms with Gasteiger partial charge in [0.25, 0.3) is 0 Å². The lowest BCUT2D eigenvalue weighted by Crippen LogP contribution is -2.42. The van der Waals surface area contributed by atoms with Crippen molar-refractivity contribution in [2.75, 3.05) is 30.9 Å². The Bertz CT molecular complexity index is 1050. The molecule has 0 aliphatic carbocycles. The summed E-state index contributed by atoms with van der Waals surface area (Å²) in [6, 6.07) is 3.53. The molecule has 31 heavy (non-hydrogen) atoms. The van der Waals surface area contributed by atoms with E-state index in [0.29, 0.717) is 50.5 Å². The normalized spacial score (nSPS) is 20.5. The molecule has 11 heteroatoms. The fraction of sp³-hybridized carbons (Fsp3) is 0.450. The predicted octanol–water partition coefficient (Wildman–Crippen LogP) is 1.74. The van der Waals surface area contributed by atoms with Gasteiger partial charge < -0.3 is 4.90 Å². The van der Waals surface area contributed by atoms with Gasteiger partial charge in [-0.1, -0.05) is 0 Å². The van der Waals surface area contributed by atoms with Crippen molar-refractivity contribution in [3.05, 3.63) is 41.6 Å². The maximum Gasteiger partial charge on any atom is 0.249 e. The monoisotopic (exact) mass is 444 g/mol. The van der Waals surface area contributed by atoms with Crippen LogP contribution in [0.3, 0.4) is 0 Å². The largest absolute Gasteiger partial charge is 0.341 e. The van der Waals surface area contributed by atoms with Crippen LogP contribution in [0.5, 0.6) is 0 Å². The number of hydroxylamine groups is 2. The zero-order valence-electron chi connectivity index (χ0n) is 16.9. The lowest BCUT2D eigenvalue weighted by molar-refractivity contribution is -0.182. The van der Waals surface area contributed by atoms with E-state index in [-0.39, 0.29) is 22.9 Å². The zero-order chi connectivity index (χ0) is 22.0. The van der Waals surface area contributed by atoms with Crippen LogP contribution in [0.25, 0.3) is 0 Å². The molecule has 162 valence electrons. The summed E-state index contributed by atoms with van der Waals surface area (Å²) in [5.74, 6) is -0.710. The summed E-state index contributed by atoms with van der Waals surface area (Å²) < 4.78 is 25.4. The summed E-state index contributed by atoms with van der Waals surface area (Å²) in [4.78, 5) is 32.8. The average molecular weight is 444 g/mol. The number of carbonyl (C=O) groups is 1. The second-order valence-electron chi connectivity index (χ2n) is 7.46. The van der Waals surface area contributed by atoms with Gasteiger partial charge in [0.2, 0.25) is 11.9 Å². The Morgan fingerprint density at radius 3 is 2.77 bits per heavy atom. The summed E-state index contributed by atoms with van der Waals surface area (Å²) in [5, 5.41) is 10.4. The number of nitrogens with zero attached hydrogens (tertiary/aromatic N) is 6. The Morgan fingerprint density at radius 2 is 2.06 bits per heavy atom. The van der Waals surface area contributed by atoms with Crippen molar-refractivity contribution in [2.45, 2.75) is 30.3 Å². The van der Waals surface area contributed by atoms with Gasteiger partial charge in [0.05, 0.1) is 35.2 Å². The molecule has 0 N–H and O–H groups in total. The maximum absolute atomic E-state index is 13.7. The van der Waals surface area contributed by atoms with Crippen LogP contribution < -0.4 is 4.90 Å². The van der Waals surface area contributed by atoms with Crippen molar-refractivity contribution in [3.8, 4) is 6.07 Å². The van der Waals surface area contributed by atoms with E-state index in [0.717, 1.165) is 11.8 Å². The fourth-order valence-corrected chi connectivity index (χ4v) is 4.43. The summed E-state index contributed by atoms with van der Waals surface area (Å²) >= 11 is 0. The molecule has 2 saturated heterocycles. The molecule has 0 saturated carbocycles. The van der Waals surface area contributed by atoms with Crippen LogP contribution in [0.15, 0.2) is 29.7 Å². The molecule has 1 amide bonds. The van der Waals surface area contributed by atoms with Crippen molar-refractivity contribution >= 4 is 22.7 Å². The van der Waals surface area contributed by atoms with Crippen molar-refractivity contribution in [3.63, 3.8) is 0 Å². The molecule has 9 nitrogen and oxygen atoms in total. The van der Waals surface area contributed by atoms with Gasteiger partial charge in [-0.15, -0.1) is 0 Å². The standard InChI is InChI=1S/C20H21FN6O3S/c1-31(29)18-16(21)12-24-20(25-18)26-5-2-14(3-6-26)19(28)27-17(4-7-30-27)15-8-13(9-22)10-23-11-15/h8,10-12,14,17H,2-7H2,1H3/t17-,31?/m0/s1. The number of nitriles is 1. The van der Waals surface area contributed by atoms with Crippen LogP contribution in [-0.2, 0) is 20.4 Å². The Kier molecular flexibility index (Phi) is 6.20. The van der Waals surface area contributed by atoms with Crippen molar-refractivity contribution in [2.24, 2.45) is 5.92 Å². The number of amides is 1. The maximum atomic E-state index is 13.7. The van der Waals surface area contributed by atoms with Crippen LogP contribution in [-0.4, -0.2) is 56.1 Å². The third-order valence-corrected chi connectivity index (χ3v) is 6.32. The van der Waals surface area contributed by atoms with Gasteiger partial charge in [-0.25, -0.2) is 19.4 Å². The number of anilines is 1. The van der Waals surface area contributed by atoms with Crippen LogP contribution in [0, 0.1) is 23.1 Å². The summed E-state index contributed by atoms with van der Waals surface area (Å²) in [5.41, 5.74) is 1.22. The van der Waals surface area contributed by atoms with Gasteiger partial charge in [0.15, 0.2) is 10.8 Å². The molecule has 1 unspecified atom stereocenters. The molecule has 4 heterocycles. The van der Waals surface area contributed by atoms with E-state index in [9.17, 15) is 13.4 Å². The van der Waals surface area contributed by atoms with E-state index < -0.39 is 16.6 Å². The van der Waals surface area contributed by atoms with Gasteiger partial charge in [-0.2, -0.15) is 5.26 Å².